The second-order valence-corrected chi connectivity index (χ2v) is 8.67. The van der Waals surface area contributed by atoms with Gasteiger partial charge in [-0.15, -0.1) is 0 Å². The van der Waals surface area contributed by atoms with Gasteiger partial charge in [-0.2, -0.15) is 0 Å². The van der Waals surface area contributed by atoms with E-state index in [0.29, 0.717) is 12.1 Å². The van der Waals surface area contributed by atoms with Gasteiger partial charge in [-0.25, -0.2) is 4.39 Å². The molecule has 3 aromatic rings. The molecule has 0 aliphatic carbocycles. The maximum absolute atomic E-state index is 14.0. The van der Waals surface area contributed by atoms with Crippen molar-refractivity contribution in [3.8, 4) is 11.1 Å². The predicted octanol–water partition coefficient (Wildman–Crippen LogP) is 5.87. The van der Waals surface area contributed by atoms with Crippen LogP contribution in [0.15, 0.2) is 42.5 Å². The lowest BCUT2D eigenvalue weighted by Gasteiger charge is -2.20. The molecule has 0 fully saturated rings. The molecular weight excluding hydrogens is 389 g/mol. The molecule has 0 radical (unpaired) electrons. The van der Waals surface area contributed by atoms with Crippen LogP contribution >= 0.6 is 0 Å². The fourth-order valence-corrected chi connectivity index (χ4v) is 4.79. The highest BCUT2D eigenvalue weighted by molar-refractivity contribution is 5.81. The van der Waals surface area contributed by atoms with Crippen LogP contribution in [-0.2, 0) is 30.8 Å². The zero-order valence-electron chi connectivity index (χ0n) is 18.6. The van der Waals surface area contributed by atoms with E-state index in [1.54, 1.807) is 6.07 Å². The van der Waals surface area contributed by atoms with Crippen LogP contribution in [0.4, 0.5) is 4.39 Å². The molecule has 0 amide bonds. The van der Waals surface area contributed by atoms with E-state index in [2.05, 4.69) is 43.0 Å². The van der Waals surface area contributed by atoms with Gasteiger partial charge in [-0.05, 0) is 83.8 Å². The zero-order chi connectivity index (χ0) is 22.3. The number of carboxylic acid groups (broad SMARTS) is 1. The number of halogens is 1. The first-order valence-electron chi connectivity index (χ1n) is 10.6. The first kappa shape index (κ1) is 21.3. The van der Waals surface area contributed by atoms with Gasteiger partial charge in [-0.1, -0.05) is 42.0 Å². The van der Waals surface area contributed by atoms with Gasteiger partial charge in [-0.3, -0.25) is 9.69 Å². The second kappa shape index (κ2) is 8.27. The van der Waals surface area contributed by atoms with Crippen LogP contribution in [-0.4, -0.2) is 16.0 Å². The van der Waals surface area contributed by atoms with Crippen molar-refractivity contribution in [2.75, 3.05) is 0 Å². The van der Waals surface area contributed by atoms with Crippen molar-refractivity contribution in [3.63, 3.8) is 0 Å². The summed E-state index contributed by atoms with van der Waals surface area (Å²) in [7, 11) is 0. The Balaban J connectivity index is 1.77. The smallest absolute Gasteiger partial charge is 0.307 e. The maximum Gasteiger partial charge on any atom is 0.307 e. The summed E-state index contributed by atoms with van der Waals surface area (Å²) in [5.74, 6) is -0.993. The topological polar surface area (TPSA) is 40.5 Å². The highest BCUT2D eigenvalue weighted by Crippen LogP contribution is 2.40. The Bertz CT molecular complexity index is 1170. The van der Waals surface area contributed by atoms with Crippen molar-refractivity contribution < 1.29 is 14.3 Å². The van der Waals surface area contributed by atoms with E-state index in [0.717, 1.165) is 46.5 Å². The molecule has 4 heteroatoms. The molecule has 1 aliphatic rings. The molecule has 4 rings (SSSR count). The first-order chi connectivity index (χ1) is 14.8. The Labute approximate surface area is 183 Å². The lowest BCUT2D eigenvalue weighted by molar-refractivity contribution is -0.136. The lowest BCUT2D eigenvalue weighted by Crippen LogP contribution is -2.16. The number of carboxylic acids is 1. The number of hydrogen-bond donors (Lipinski definition) is 1. The Kier molecular flexibility index (Phi) is 5.67. The van der Waals surface area contributed by atoms with E-state index in [1.807, 2.05) is 19.9 Å². The summed E-state index contributed by atoms with van der Waals surface area (Å²) < 4.78 is 14.0. The molecule has 1 aliphatic heterocycles. The number of hydrogen-bond acceptors (Lipinski definition) is 2. The molecule has 0 saturated carbocycles. The number of nitrogens with zero attached hydrogens (tertiary/aromatic N) is 1. The molecule has 3 nitrogen and oxygen atoms in total. The number of aliphatic carboxylic acids is 1. The number of rotatable bonds is 5. The van der Waals surface area contributed by atoms with Crippen molar-refractivity contribution in [2.24, 2.45) is 0 Å². The second-order valence-electron chi connectivity index (χ2n) is 8.67. The summed E-state index contributed by atoms with van der Waals surface area (Å²) >= 11 is 0. The van der Waals surface area contributed by atoms with Crippen molar-refractivity contribution in [1.29, 1.82) is 0 Å². The van der Waals surface area contributed by atoms with Gasteiger partial charge < -0.3 is 5.11 Å². The molecule has 1 N–H and O–H groups in total. The summed E-state index contributed by atoms with van der Waals surface area (Å²) in [5.41, 5.74) is 10.6. The Morgan fingerprint density at radius 3 is 2.23 bits per heavy atom. The third kappa shape index (κ3) is 4.00. The molecule has 0 bridgehead atoms. The summed E-state index contributed by atoms with van der Waals surface area (Å²) in [6.07, 6.45) is 0.00612. The molecule has 3 aromatic carbocycles. The first-order valence-corrected chi connectivity index (χ1v) is 10.6. The maximum atomic E-state index is 14.0. The Morgan fingerprint density at radius 1 is 0.935 bits per heavy atom. The normalized spacial score (nSPS) is 13.5. The van der Waals surface area contributed by atoms with Crippen LogP contribution in [0.25, 0.3) is 11.1 Å². The van der Waals surface area contributed by atoms with Gasteiger partial charge in [0.05, 0.1) is 6.42 Å². The standard InChI is InChI=1S/C27H28FNO2/c1-16-8-10-20(11-9-16)27-19(4)24-15-29(13-21-6-5-7-25(28)17(21)2)14-23(24)18(3)22(27)12-26(30)31/h5-11H,12-15H2,1-4H3,(H,30,31). The Morgan fingerprint density at radius 2 is 1.58 bits per heavy atom. The highest BCUT2D eigenvalue weighted by atomic mass is 19.1. The van der Waals surface area contributed by atoms with Crippen LogP contribution in [0.5, 0.6) is 0 Å². The molecule has 0 spiro atoms. The zero-order valence-corrected chi connectivity index (χ0v) is 18.6. The minimum atomic E-state index is -0.818. The highest BCUT2D eigenvalue weighted by Gasteiger charge is 2.28. The molecule has 160 valence electrons. The summed E-state index contributed by atoms with van der Waals surface area (Å²) in [6.45, 7) is 10.2. The SMILES string of the molecule is Cc1ccc(-c2c(C)c3c(c(C)c2CC(=O)O)CN(Cc2cccc(F)c2C)C3)cc1. The van der Waals surface area contributed by atoms with E-state index in [9.17, 15) is 14.3 Å². The van der Waals surface area contributed by atoms with E-state index in [4.69, 9.17) is 0 Å². The number of benzene rings is 3. The number of carbonyl (C=O) groups is 1. The quantitative estimate of drug-likeness (QED) is 0.564. The van der Waals surface area contributed by atoms with Gasteiger partial charge >= 0.3 is 5.97 Å². The minimum Gasteiger partial charge on any atom is -0.481 e. The van der Waals surface area contributed by atoms with Crippen LogP contribution in [0, 0.1) is 33.5 Å². The molecule has 1 heterocycles. The molecule has 0 aromatic heterocycles. The van der Waals surface area contributed by atoms with Gasteiger partial charge in [0.2, 0.25) is 0 Å². The number of fused-ring (bicyclic) bond motifs is 1. The molecular formula is C27H28FNO2. The van der Waals surface area contributed by atoms with E-state index in [1.165, 1.54) is 22.8 Å². The van der Waals surface area contributed by atoms with Gasteiger partial charge in [0.1, 0.15) is 5.82 Å². The largest absolute Gasteiger partial charge is 0.481 e. The van der Waals surface area contributed by atoms with Crippen LogP contribution in [0.2, 0.25) is 0 Å². The summed E-state index contributed by atoms with van der Waals surface area (Å²) in [4.78, 5) is 14.0. The average Bonchev–Trinajstić information content (AvgIpc) is 3.15. The van der Waals surface area contributed by atoms with Crippen LogP contribution < -0.4 is 0 Å². The van der Waals surface area contributed by atoms with Crippen molar-refractivity contribution >= 4 is 5.97 Å². The summed E-state index contributed by atoms with van der Waals surface area (Å²) in [6, 6.07) is 13.5. The van der Waals surface area contributed by atoms with Crippen molar-refractivity contribution in [1.82, 2.24) is 4.90 Å². The third-order valence-electron chi connectivity index (χ3n) is 6.60. The van der Waals surface area contributed by atoms with E-state index >= 15 is 0 Å². The van der Waals surface area contributed by atoms with Gasteiger partial charge in [0.25, 0.3) is 0 Å². The monoisotopic (exact) mass is 417 g/mol. The van der Waals surface area contributed by atoms with Crippen molar-refractivity contribution in [3.05, 3.63) is 92.8 Å². The fraction of sp³-hybridized carbons (Fsp3) is 0.296. The van der Waals surface area contributed by atoms with Crippen LogP contribution in [0.3, 0.4) is 0 Å². The van der Waals surface area contributed by atoms with Gasteiger partial charge in [0, 0.05) is 19.6 Å². The Hall–Kier alpha value is -2.98. The van der Waals surface area contributed by atoms with E-state index in [-0.39, 0.29) is 12.2 Å². The average molecular weight is 418 g/mol. The molecule has 0 saturated heterocycles. The number of aryl methyl sites for hydroxylation is 1. The summed E-state index contributed by atoms with van der Waals surface area (Å²) in [5, 5.41) is 9.60. The van der Waals surface area contributed by atoms with Crippen LogP contribution in [0.1, 0.15) is 44.5 Å². The van der Waals surface area contributed by atoms with Crippen molar-refractivity contribution in [2.45, 2.75) is 53.8 Å². The molecule has 31 heavy (non-hydrogen) atoms. The lowest BCUT2D eigenvalue weighted by atomic mass is 9.84. The fourth-order valence-electron chi connectivity index (χ4n) is 4.79. The predicted molar refractivity (Wildman–Crippen MR) is 122 cm³/mol. The molecule has 0 atom stereocenters. The minimum absolute atomic E-state index is 0.00612. The third-order valence-corrected chi connectivity index (χ3v) is 6.60. The van der Waals surface area contributed by atoms with Gasteiger partial charge in [0.15, 0.2) is 0 Å². The molecule has 0 unspecified atom stereocenters. The van der Waals surface area contributed by atoms with E-state index < -0.39 is 5.97 Å².